The van der Waals surface area contributed by atoms with E-state index in [0.29, 0.717) is 5.69 Å². The highest BCUT2D eigenvalue weighted by Crippen LogP contribution is 2.21. The van der Waals surface area contributed by atoms with E-state index >= 15 is 0 Å². The van der Waals surface area contributed by atoms with Crippen molar-refractivity contribution < 1.29 is 9.90 Å². The predicted octanol–water partition coefficient (Wildman–Crippen LogP) is 1.65. The van der Waals surface area contributed by atoms with E-state index in [9.17, 15) is 4.79 Å². The van der Waals surface area contributed by atoms with E-state index < -0.39 is 5.97 Å². The van der Waals surface area contributed by atoms with E-state index in [4.69, 9.17) is 5.11 Å². The summed E-state index contributed by atoms with van der Waals surface area (Å²) in [7, 11) is 0. The zero-order valence-electron chi connectivity index (χ0n) is 8.64. The summed E-state index contributed by atoms with van der Waals surface area (Å²) >= 11 is 0. The standard InChI is InChI=1S/C11H8N4O2/c16-11(17)10-4-9(14-15-10)6-1-2-7-5-12-13-8(7)3-6/h1-5H,(H,12,13)(H,14,15)(H,16,17). The summed E-state index contributed by atoms with van der Waals surface area (Å²) in [6.07, 6.45) is 1.73. The zero-order valence-corrected chi connectivity index (χ0v) is 8.64. The molecule has 6 heteroatoms. The van der Waals surface area contributed by atoms with Crippen LogP contribution in [-0.4, -0.2) is 31.5 Å². The second-order valence-electron chi connectivity index (χ2n) is 3.64. The van der Waals surface area contributed by atoms with Gasteiger partial charge < -0.3 is 5.11 Å². The summed E-state index contributed by atoms with van der Waals surface area (Å²) in [5.74, 6) is -1.02. The number of carbonyl (C=O) groups is 1. The molecule has 6 nitrogen and oxygen atoms in total. The molecule has 2 aromatic heterocycles. The molecule has 0 saturated heterocycles. The van der Waals surface area contributed by atoms with Gasteiger partial charge in [-0.15, -0.1) is 0 Å². The lowest BCUT2D eigenvalue weighted by Crippen LogP contribution is -1.95. The van der Waals surface area contributed by atoms with Crippen molar-refractivity contribution in [2.24, 2.45) is 0 Å². The molecule has 0 radical (unpaired) electrons. The Hall–Kier alpha value is -2.63. The number of nitrogens with zero attached hydrogens (tertiary/aromatic N) is 2. The van der Waals surface area contributed by atoms with E-state index in [0.717, 1.165) is 16.5 Å². The predicted molar refractivity (Wildman–Crippen MR) is 60.6 cm³/mol. The summed E-state index contributed by atoms with van der Waals surface area (Å²) < 4.78 is 0. The first-order valence-corrected chi connectivity index (χ1v) is 4.96. The number of fused-ring (bicyclic) bond motifs is 1. The van der Waals surface area contributed by atoms with Crippen LogP contribution in [0.3, 0.4) is 0 Å². The Morgan fingerprint density at radius 3 is 2.88 bits per heavy atom. The number of benzene rings is 1. The SMILES string of the molecule is O=C(O)c1cc(-c2ccc3cn[nH]c3c2)n[nH]1. The first-order valence-electron chi connectivity index (χ1n) is 4.96. The fourth-order valence-electron chi connectivity index (χ4n) is 1.68. The van der Waals surface area contributed by atoms with Crippen molar-refractivity contribution in [3.8, 4) is 11.3 Å². The molecule has 0 aliphatic heterocycles. The Morgan fingerprint density at radius 1 is 1.24 bits per heavy atom. The van der Waals surface area contributed by atoms with E-state index in [2.05, 4.69) is 20.4 Å². The normalized spacial score (nSPS) is 10.8. The number of aromatic carboxylic acids is 1. The molecule has 0 atom stereocenters. The molecular formula is C11H8N4O2. The number of hydrogen-bond acceptors (Lipinski definition) is 3. The maximum Gasteiger partial charge on any atom is 0.353 e. The van der Waals surface area contributed by atoms with Crippen molar-refractivity contribution in [2.45, 2.75) is 0 Å². The Balaban J connectivity index is 2.09. The van der Waals surface area contributed by atoms with Crippen LogP contribution in [0.2, 0.25) is 0 Å². The number of H-pyrrole nitrogens is 2. The van der Waals surface area contributed by atoms with Crippen molar-refractivity contribution in [1.29, 1.82) is 0 Å². The minimum absolute atomic E-state index is 0.0738. The molecule has 0 spiro atoms. The van der Waals surface area contributed by atoms with Crippen LogP contribution in [0.1, 0.15) is 10.5 Å². The van der Waals surface area contributed by atoms with Gasteiger partial charge >= 0.3 is 5.97 Å². The van der Waals surface area contributed by atoms with Crippen LogP contribution in [0.5, 0.6) is 0 Å². The molecule has 3 rings (SSSR count). The van der Waals surface area contributed by atoms with E-state index in [1.54, 1.807) is 6.20 Å². The molecule has 0 amide bonds. The average Bonchev–Trinajstić information content (AvgIpc) is 2.97. The zero-order chi connectivity index (χ0) is 11.8. The number of rotatable bonds is 2. The number of aromatic nitrogens is 4. The first kappa shape index (κ1) is 9.59. The second kappa shape index (κ2) is 3.44. The van der Waals surface area contributed by atoms with Gasteiger partial charge in [-0.3, -0.25) is 10.2 Å². The molecular weight excluding hydrogens is 220 g/mol. The second-order valence-corrected chi connectivity index (χ2v) is 3.64. The van der Waals surface area contributed by atoms with Crippen LogP contribution in [0.25, 0.3) is 22.2 Å². The maximum absolute atomic E-state index is 10.7. The highest BCUT2D eigenvalue weighted by atomic mass is 16.4. The molecule has 1 aromatic carbocycles. The Labute approximate surface area is 95.3 Å². The van der Waals surface area contributed by atoms with Gasteiger partial charge in [-0.1, -0.05) is 12.1 Å². The van der Waals surface area contributed by atoms with Gasteiger partial charge in [-0.05, 0) is 12.1 Å². The third-order valence-electron chi connectivity index (χ3n) is 2.55. The lowest BCUT2D eigenvalue weighted by atomic mass is 10.1. The number of carboxylic acid groups (broad SMARTS) is 1. The Bertz CT molecular complexity index is 698. The van der Waals surface area contributed by atoms with Crippen LogP contribution in [-0.2, 0) is 0 Å². The van der Waals surface area contributed by atoms with Gasteiger partial charge in [0, 0.05) is 10.9 Å². The average molecular weight is 228 g/mol. The van der Waals surface area contributed by atoms with Gasteiger partial charge in [0.05, 0.1) is 17.4 Å². The van der Waals surface area contributed by atoms with Gasteiger partial charge in [-0.25, -0.2) is 4.79 Å². The number of carboxylic acids is 1. The third-order valence-corrected chi connectivity index (χ3v) is 2.55. The fraction of sp³-hybridized carbons (Fsp3) is 0. The molecule has 0 bridgehead atoms. The molecule has 3 aromatic rings. The molecule has 17 heavy (non-hydrogen) atoms. The topological polar surface area (TPSA) is 94.7 Å². The van der Waals surface area contributed by atoms with Crippen molar-refractivity contribution in [2.75, 3.05) is 0 Å². The summed E-state index contributed by atoms with van der Waals surface area (Å²) in [4.78, 5) is 10.7. The lowest BCUT2D eigenvalue weighted by molar-refractivity contribution is 0.0690. The van der Waals surface area contributed by atoms with Gasteiger partial charge in [0.1, 0.15) is 5.69 Å². The number of hydrogen-bond donors (Lipinski definition) is 3. The molecule has 2 heterocycles. The molecule has 0 aliphatic rings. The van der Waals surface area contributed by atoms with Gasteiger partial charge in [0.2, 0.25) is 0 Å². The fourth-order valence-corrected chi connectivity index (χ4v) is 1.68. The lowest BCUT2D eigenvalue weighted by Gasteiger charge is -1.95. The van der Waals surface area contributed by atoms with Crippen molar-refractivity contribution in [3.63, 3.8) is 0 Å². The number of aromatic amines is 2. The van der Waals surface area contributed by atoms with Crippen molar-refractivity contribution in [1.82, 2.24) is 20.4 Å². The molecule has 3 N–H and O–H groups in total. The molecule has 0 aliphatic carbocycles. The quantitative estimate of drug-likeness (QED) is 0.621. The summed E-state index contributed by atoms with van der Waals surface area (Å²) in [6, 6.07) is 7.16. The highest BCUT2D eigenvalue weighted by molar-refractivity contribution is 5.88. The first-order chi connectivity index (χ1) is 8.24. The van der Waals surface area contributed by atoms with Crippen molar-refractivity contribution in [3.05, 3.63) is 36.2 Å². The van der Waals surface area contributed by atoms with Crippen LogP contribution >= 0.6 is 0 Å². The van der Waals surface area contributed by atoms with Gasteiger partial charge in [-0.2, -0.15) is 10.2 Å². The smallest absolute Gasteiger partial charge is 0.353 e. The van der Waals surface area contributed by atoms with Crippen molar-refractivity contribution >= 4 is 16.9 Å². The van der Waals surface area contributed by atoms with E-state index in [-0.39, 0.29) is 5.69 Å². The van der Waals surface area contributed by atoms with Gasteiger partial charge in [0.15, 0.2) is 0 Å². The van der Waals surface area contributed by atoms with Crippen LogP contribution in [0.15, 0.2) is 30.5 Å². The largest absolute Gasteiger partial charge is 0.477 e. The highest BCUT2D eigenvalue weighted by Gasteiger charge is 2.09. The minimum atomic E-state index is -1.02. The number of nitrogens with one attached hydrogen (secondary N) is 2. The Kier molecular flexibility index (Phi) is 1.94. The van der Waals surface area contributed by atoms with Crippen LogP contribution in [0.4, 0.5) is 0 Å². The maximum atomic E-state index is 10.7. The monoisotopic (exact) mass is 228 g/mol. The molecule has 84 valence electrons. The molecule has 0 unspecified atom stereocenters. The van der Waals surface area contributed by atoms with E-state index in [1.165, 1.54) is 6.07 Å². The summed E-state index contributed by atoms with van der Waals surface area (Å²) in [6.45, 7) is 0. The van der Waals surface area contributed by atoms with E-state index in [1.807, 2.05) is 18.2 Å². The van der Waals surface area contributed by atoms with Crippen LogP contribution < -0.4 is 0 Å². The third kappa shape index (κ3) is 1.55. The minimum Gasteiger partial charge on any atom is -0.477 e. The van der Waals surface area contributed by atoms with Gasteiger partial charge in [0.25, 0.3) is 0 Å². The van der Waals surface area contributed by atoms with Crippen LogP contribution in [0, 0.1) is 0 Å². The molecule has 0 fully saturated rings. The molecule has 0 saturated carbocycles. The summed E-state index contributed by atoms with van der Waals surface area (Å²) in [5, 5.41) is 23.0. The Morgan fingerprint density at radius 2 is 2.12 bits per heavy atom. The summed E-state index contributed by atoms with van der Waals surface area (Å²) in [5.41, 5.74) is 2.40.